The largest absolute Gasteiger partial charge is 0.457 e. The van der Waals surface area contributed by atoms with Crippen LogP contribution >= 0.6 is 12.2 Å². The van der Waals surface area contributed by atoms with Gasteiger partial charge in [-0.25, -0.2) is 0 Å². The summed E-state index contributed by atoms with van der Waals surface area (Å²) in [6.07, 6.45) is 0. The van der Waals surface area contributed by atoms with E-state index < -0.39 is 0 Å². The third kappa shape index (κ3) is 3.70. The van der Waals surface area contributed by atoms with Crippen LogP contribution in [-0.4, -0.2) is 5.16 Å². The smallest absolute Gasteiger partial charge is 0.135 e. The molecule has 0 saturated carbocycles. The zero-order valence-electron chi connectivity index (χ0n) is 15.6. The second kappa shape index (κ2) is 7.82. The van der Waals surface area contributed by atoms with Crippen LogP contribution in [-0.2, 0) is 0 Å². The molecule has 0 saturated heterocycles. The quantitative estimate of drug-likeness (QED) is 0.344. The second-order valence-electron chi connectivity index (χ2n) is 7.04. The summed E-state index contributed by atoms with van der Waals surface area (Å²) in [5, 5.41) is 4.81. The summed E-state index contributed by atoms with van der Waals surface area (Å²) in [7, 11) is 0. The SMILES string of the molecule is CC(C)c1cc(Oc2cccc3ccccc23)cc(C(C)C)c1N=C=S. The highest BCUT2D eigenvalue weighted by atomic mass is 32.1. The van der Waals surface area contributed by atoms with E-state index in [1.165, 1.54) is 5.39 Å². The minimum Gasteiger partial charge on any atom is -0.457 e. The van der Waals surface area contributed by atoms with Crippen molar-refractivity contribution >= 4 is 33.8 Å². The lowest BCUT2D eigenvalue weighted by Crippen LogP contribution is -1.98. The van der Waals surface area contributed by atoms with E-state index in [0.717, 1.165) is 33.7 Å². The van der Waals surface area contributed by atoms with Gasteiger partial charge in [0.2, 0.25) is 0 Å². The molecule has 3 heteroatoms. The number of aliphatic imine (C=N–C) groups is 1. The third-order valence-corrected chi connectivity index (χ3v) is 4.61. The van der Waals surface area contributed by atoms with Crippen LogP contribution in [0, 0.1) is 0 Å². The Morgan fingerprint density at radius 1 is 0.885 bits per heavy atom. The van der Waals surface area contributed by atoms with Crippen LogP contribution in [0.2, 0.25) is 0 Å². The lowest BCUT2D eigenvalue weighted by Gasteiger charge is -2.19. The van der Waals surface area contributed by atoms with E-state index in [2.05, 4.69) is 68.2 Å². The molecule has 0 atom stereocenters. The first kappa shape index (κ1) is 18.3. The molecule has 2 nitrogen and oxygen atoms in total. The van der Waals surface area contributed by atoms with Crippen molar-refractivity contribution in [3.8, 4) is 11.5 Å². The zero-order chi connectivity index (χ0) is 18.7. The van der Waals surface area contributed by atoms with Crippen LogP contribution in [0.1, 0.15) is 50.7 Å². The van der Waals surface area contributed by atoms with Gasteiger partial charge in [0.25, 0.3) is 0 Å². The van der Waals surface area contributed by atoms with Crippen molar-refractivity contribution in [3.63, 3.8) is 0 Å². The van der Waals surface area contributed by atoms with Crippen molar-refractivity contribution in [2.45, 2.75) is 39.5 Å². The molecule has 0 bridgehead atoms. The number of benzene rings is 3. The molecule has 0 unspecified atom stereocenters. The van der Waals surface area contributed by atoms with E-state index in [0.29, 0.717) is 11.8 Å². The Bertz CT molecular complexity index is 950. The first-order chi connectivity index (χ1) is 12.5. The summed E-state index contributed by atoms with van der Waals surface area (Å²) in [6, 6.07) is 18.5. The molecule has 0 spiro atoms. The molecule has 3 aromatic carbocycles. The van der Waals surface area contributed by atoms with Gasteiger partial charge in [0, 0.05) is 5.39 Å². The fourth-order valence-electron chi connectivity index (χ4n) is 3.18. The highest BCUT2D eigenvalue weighted by Gasteiger charge is 2.17. The Hall–Kier alpha value is -2.48. The van der Waals surface area contributed by atoms with Crippen molar-refractivity contribution in [1.82, 2.24) is 0 Å². The van der Waals surface area contributed by atoms with Crippen LogP contribution in [0.15, 0.2) is 59.6 Å². The van der Waals surface area contributed by atoms with Gasteiger partial charge in [-0.15, -0.1) is 0 Å². The minimum absolute atomic E-state index is 0.311. The number of isothiocyanates is 1. The third-order valence-electron chi connectivity index (χ3n) is 4.52. The van der Waals surface area contributed by atoms with Gasteiger partial charge in [-0.05, 0) is 58.8 Å². The summed E-state index contributed by atoms with van der Waals surface area (Å²) in [5.74, 6) is 2.31. The van der Waals surface area contributed by atoms with E-state index >= 15 is 0 Å². The summed E-state index contributed by atoms with van der Waals surface area (Å²) < 4.78 is 6.32. The van der Waals surface area contributed by atoms with E-state index in [9.17, 15) is 0 Å². The number of hydrogen-bond acceptors (Lipinski definition) is 3. The predicted molar refractivity (Wildman–Crippen MR) is 113 cm³/mol. The van der Waals surface area contributed by atoms with Crippen LogP contribution in [0.25, 0.3) is 10.8 Å². The monoisotopic (exact) mass is 361 g/mol. The van der Waals surface area contributed by atoms with Crippen molar-refractivity contribution in [1.29, 1.82) is 0 Å². The summed E-state index contributed by atoms with van der Waals surface area (Å²) in [4.78, 5) is 4.36. The van der Waals surface area contributed by atoms with Crippen molar-refractivity contribution in [2.75, 3.05) is 0 Å². The topological polar surface area (TPSA) is 21.6 Å². The maximum atomic E-state index is 6.32. The Labute approximate surface area is 160 Å². The molecule has 0 amide bonds. The maximum Gasteiger partial charge on any atom is 0.135 e. The van der Waals surface area contributed by atoms with E-state index in [1.807, 2.05) is 24.3 Å². The number of nitrogens with zero attached hydrogens (tertiary/aromatic N) is 1. The van der Waals surface area contributed by atoms with Gasteiger partial charge in [-0.2, -0.15) is 4.99 Å². The normalized spacial score (nSPS) is 11.0. The number of fused-ring (bicyclic) bond motifs is 1. The van der Waals surface area contributed by atoms with Gasteiger partial charge < -0.3 is 4.74 Å². The number of rotatable bonds is 5. The predicted octanol–water partition coefficient (Wildman–Crippen LogP) is 7.61. The summed E-state index contributed by atoms with van der Waals surface area (Å²) >= 11 is 4.87. The van der Waals surface area contributed by atoms with Gasteiger partial charge in [0.15, 0.2) is 0 Å². The summed E-state index contributed by atoms with van der Waals surface area (Å²) in [6.45, 7) is 8.63. The molecule has 0 heterocycles. The van der Waals surface area contributed by atoms with E-state index in [-0.39, 0.29) is 0 Å². The molecule has 0 N–H and O–H groups in total. The molecule has 26 heavy (non-hydrogen) atoms. The molecule has 0 aliphatic heterocycles. The van der Waals surface area contributed by atoms with Crippen LogP contribution in [0.4, 0.5) is 5.69 Å². The van der Waals surface area contributed by atoms with Crippen LogP contribution in [0.3, 0.4) is 0 Å². The Morgan fingerprint density at radius 2 is 1.50 bits per heavy atom. The number of ether oxygens (including phenoxy) is 1. The van der Waals surface area contributed by atoms with Gasteiger partial charge in [-0.1, -0.05) is 64.1 Å². The molecule has 0 fully saturated rings. The maximum absolute atomic E-state index is 6.32. The van der Waals surface area contributed by atoms with Crippen molar-refractivity contribution in [2.24, 2.45) is 4.99 Å². The fraction of sp³-hybridized carbons (Fsp3) is 0.261. The molecule has 3 rings (SSSR count). The molecule has 3 aromatic rings. The molecular formula is C23H23NOS. The standard InChI is InChI=1S/C23H23NOS/c1-15(2)20-12-18(13-21(16(3)4)23(20)24-14-26)25-22-11-7-9-17-8-5-6-10-19(17)22/h5-13,15-16H,1-4H3. The lowest BCUT2D eigenvalue weighted by molar-refractivity contribution is 0.486. The van der Waals surface area contributed by atoms with Gasteiger partial charge in [0.05, 0.1) is 10.8 Å². The molecule has 0 aliphatic carbocycles. The molecule has 0 aliphatic rings. The van der Waals surface area contributed by atoms with E-state index in [4.69, 9.17) is 17.0 Å². The molecule has 0 aromatic heterocycles. The first-order valence-corrected chi connectivity index (χ1v) is 9.33. The minimum atomic E-state index is 0.311. The van der Waals surface area contributed by atoms with E-state index in [1.54, 1.807) is 0 Å². The zero-order valence-corrected chi connectivity index (χ0v) is 16.4. The highest BCUT2D eigenvalue weighted by Crippen LogP contribution is 2.40. The Kier molecular flexibility index (Phi) is 5.51. The molecular weight excluding hydrogens is 338 g/mol. The van der Waals surface area contributed by atoms with Crippen LogP contribution in [0.5, 0.6) is 11.5 Å². The number of thiocarbonyl (C=S) groups is 1. The van der Waals surface area contributed by atoms with Gasteiger partial charge in [-0.3, -0.25) is 0 Å². The fourth-order valence-corrected chi connectivity index (χ4v) is 3.27. The van der Waals surface area contributed by atoms with Gasteiger partial charge in [0.1, 0.15) is 11.5 Å². The van der Waals surface area contributed by atoms with Crippen LogP contribution < -0.4 is 4.74 Å². The molecule has 0 radical (unpaired) electrons. The lowest BCUT2D eigenvalue weighted by atomic mass is 9.92. The average molecular weight is 362 g/mol. The van der Waals surface area contributed by atoms with Crippen molar-refractivity contribution < 1.29 is 4.74 Å². The second-order valence-corrected chi connectivity index (χ2v) is 7.22. The Balaban J connectivity index is 2.14. The average Bonchev–Trinajstić information content (AvgIpc) is 2.62. The Morgan fingerprint density at radius 3 is 2.12 bits per heavy atom. The molecule has 132 valence electrons. The van der Waals surface area contributed by atoms with Gasteiger partial charge >= 0.3 is 0 Å². The number of hydrogen-bond donors (Lipinski definition) is 0. The summed E-state index contributed by atoms with van der Waals surface area (Å²) in [5.41, 5.74) is 3.18. The van der Waals surface area contributed by atoms with Crippen molar-refractivity contribution in [3.05, 3.63) is 65.7 Å². The first-order valence-electron chi connectivity index (χ1n) is 8.92. The highest BCUT2D eigenvalue weighted by molar-refractivity contribution is 7.78.